The highest BCUT2D eigenvalue weighted by Gasteiger charge is 2.38. The molecule has 0 aromatic heterocycles. The number of hydrogen-bond acceptors (Lipinski definition) is 8. The highest BCUT2D eigenvalue weighted by Crippen LogP contribution is 2.38. The number of phenols is 1. The number of benzene rings is 1. The molecule has 3 fully saturated rings. The highest BCUT2D eigenvalue weighted by atomic mass is 16.4. The van der Waals surface area contributed by atoms with Crippen molar-refractivity contribution in [1.29, 1.82) is 0 Å². The zero-order valence-corrected chi connectivity index (χ0v) is 20.2. The van der Waals surface area contributed by atoms with Crippen LogP contribution >= 0.6 is 0 Å². The predicted octanol–water partition coefficient (Wildman–Crippen LogP) is 2.27. The van der Waals surface area contributed by atoms with Crippen molar-refractivity contribution >= 4 is 29.0 Å². The van der Waals surface area contributed by atoms with Crippen LogP contribution < -0.4 is 5.43 Å². The van der Waals surface area contributed by atoms with Gasteiger partial charge in [0.2, 0.25) is 0 Å². The number of likely N-dealkylation sites (tertiary alicyclic amines) is 2. The predicted molar refractivity (Wildman–Crippen MR) is 133 cm³/mol. The Morgan fingerprint density at radius 3 is 2.46 bits per heavy atom. The second-order valence-electron chi connectivity index (χ2n) is 10.1. The molecule has 1 amide bonds. The fourth-order valence-electron chi connectivity index (χ4n) is 5.52. The number of hydrazone groups is 2. The van der Waals surface area contributed by atoms with Crippen molar-refractivity contribution in [2.75, 3.05) is 38.1 Å². The molecule has 1 aromatic carbocycles. The van der Waals surface area contributed by atoms with Crippen LogP contribution in [0.4, 0.5) is 5.69 Å². The molecule has 35 heavy (non-hydrogen) atoms. The zero-order chi connectivity index (χ0) is 24.5. The van der Waals surface area contributed by atoms with Crippen molar-refractivity contribution in [2.24, 2.45) is 10.2 Å². The zero-order valence-electron chi connectivity index (χ0n) is 20.2. The number of anilines is 1. The molecule has 0 radical (unpaired) electrons. The summed E-state index contributed by atoms with van der Waals surface area (Å²) in [5.74, 6) is -0.749. The van der Waals surface area contributed by atoms with Crippen molar-refractivity contribution in [3.63, 3.8) is 0 Å². The minimum absolute atomic E-state index is 0.0450. The summed E-state index contributed by atoms with van der Waals surface area (Å²) >= 11 is 0. The summed E-state index contributed by atoms with van der Waals surface area (Å²) in [5, 5.41) is 30.4. The van der Waals surface area contributed by atoms with Crippen LogP contribution in [0.1, 0.15) is 56.9 Å². The lowest BCUT2D eigenvalue weighted by molar-refractivity contribution is -0.138. The van der Waals surface area contributed by atoms with E-state index in [0.29, 0.717) is 24.5 Å². The second-order valence-corrected chi connectivity index (χ2v) is 10.1. The molecule has 2 saturated heterocycles. The van der Waals surface area contributed by atoms with Crippen LogP contribution in [-0.2, 0) is 9.59 Å². The van der Waals surface area contributed by atoms with E-state index < -0.39 is 5.97 Å². The lowest BCUT2D eigenvalue weighted by Gasteiger charge is -2.34. The second kappa shape index (κ2) is 9.94. The van der Waals surface area contributed by atoms with Crippen LogP contribution in [0.5, 0.6) is 5.75 Å². The number of phenolic OH excluding ortho intramolecular Hbond substituents is 1. The first-order valence-corrected chi connectivity index (χ1v) is 12.6. The largest absolute Gasteiger partial charge is 0.505 e. The molecule has 188 valence electrons. The van der Waals surface area contributed by atoms with Crippen molar-refractivity contribution in [3.8, 4) is 5.75 Å². The molecular formula is C25H34N6O4. The summed E-state index contributed by atoms with van der Waals surface area (Å²) in [6.07, 6.45) is 5.99. The molecule has 0 bridgehead atoms. The molecule has 3 N–H and O–H groups in total. The van der Waals surface area contributed by atoms with E-state index in [4.69, 9.17) is 5.11 Å². The van der Waals surface area contributed by atoms with Gasteiger partial charge in [-0.05, 0) is 76.1 Å². The van der Waals surface area contributed by atoms with Gasteiger partial charge in [-0.25, -0.2) is 5.01 Å². The quantitative estimate of drug-likeness (QED) is 0.403. The van der Waals surface area contributed by atoms with Gasteiger partial charge in [-0.15, -0.1) is 0 Å². The molecule has 0 atom stereocenters. The number of nitrogens with one attached hydrogen (secondary N) is 1. The van der Waals surface area contributed by atoms with Crippen LogP contribution in [0.15, 0.2) is 28.4 Å². The maximum absolute atomic E-state index is 13.1. The van der Waals surface area contributed by atoms with E-state index in [1.165, 1.54) is 12.8 Å². The van der Waals surface area contributed by atoms with Gasteiger partial charge in [-0.1, -0.05) is 12.1 Å². The number of carboxylic acids is 1. The average Bonchev–Trinajstić information content (AvgIpc) is 3.65. The number of rotatable bonds is 7. The Kier molecular flexibility index (Phi) is 6.75. The van der Waals surface area contributed by atoms with Crippen LogP contribution in [0.3, 0.4) is 0 Å². The first-order valence-electron chi connectivity index (χ1n) is 12.6. The number of para-hydroxylation sites is 1. The van der Waals surface area contributed by atoms with E-state index >= 15 is 0 Å². The van der Waals surface area contributed by atoms with E-state index in [1.54, 1.807) is 18.0 Å². The van der Waals surface area contributed by atoms with Gasteiger partial charge in [0, 0.05) is 19.1 Å². The monoisotopic (exact) mass is 482 g/mol. The molecule has 10 nitrogen and oxygen atoms in total. The maximum Gasteiger partial charge on any atom is 0.317 e. The number of aromatic hydroxyl groups is 1. The molecule has 10 heteroatoms. The summed E-state index contributed by atoms with van der Waals surface area (Å²) in [6, 6.07) is 6.34. The van der Waals surface area contributed by atoms with Gasteiger partial charge in [0.25, 0.3) is 5.91 Å². The van der Waals surface area contributed by atoms with Crippen molar-refractivity contribution in [2.45, 2.75) is 63.5 Å². The Balaban J connectivity index is 1.22. The van der Waals surface area contributed by atoms with Crippen LogP contribution in [-0.4, -0.2) is 93.1 Å². The third-order valence-corrected chi connectivity index (χ3v) is 7.66. The number of amides is 1. The lowest BCUT2D eigenvalue weighted by atomic mass is 9.88. The van der Waals surface area contributed by atoms with Crippen molar-refractivity contribution < 1.29 is 19.8 Å². The van der Waals surface area contributed by atoms with Gasteiger partial charge in [0.1, 0.15) is 5.75 Å². The van der Waals surface area contributed by atoms with Crippen LogP contribution in [0.25, 0.3) is 0 Å². The van der Waals surface area contributed by atoms with E-state index in [9.17, 15) is 14.7 Å². The Hall–Kier alpha value is -2.98. The molecule has 4 aliphatic rings. The number of hydrogen-bond donors (Lipinski definition) is 3. The number of carboxylic acid groups (broad SMARTS) is 1. The van der Waals surface area contributed by atoms with Gasteiger partial charge in [0.15, 0.2) is 5.71 Å². The Morgan fingerprint density at radius 2 is 1.80 bits per heavy atom. The average molecular weight is 483 g/mol. The summed E-state index contributed by atoms with van der Waals surface area (Å²) < 4.78 is 0. The number of aliphatic carboxylic acids is 1. The minimum Gasteiger partial charge on any atom is -0.505 e. The highest BCUT2D eigenvalue weighted by molar-refractivity contribution is 6.68. The van der Waals surface area contributed by atoms with Crippen molar-refractivity contribution in [1.82, 2.24) is 14.8 Å². The third-order valence-electron chi connectivity index (χ3n) is 7.66. The van der Waals surface area contributed by atoms with Gasteiger partial charge >= 0.3 is 5.97 Å². The van der Waals surface area contributed by atoms with E-state index in [-0.39, 0.29) is 35.9 Å². The summed E-state index contributed by atoms with van der Waals surface area (Å²) in [4.78, 5) is 28.5. The minimum atomic E-state index is -0.820. The van der Waals surface area contributed by atoms with E-state index in [2.05, 4.69) is 20.5 Å². The Bertz CT molecular complexity index is 1040. The summed E-state index contributed by atoms with van der Waals surface area (Å²) in [5.41, 5.74) is 5.01. The maximum atomic E-state index is 13.1. The molecule has 1 aliphatic carbocycles. The van der Waals surface area contributed by atoms with Gasteiger partial charge in [0.05, 0.1) is 24.0 Å². The van der Waals surface area contributed by atoms with E-state index in [1.807, 2.05) is 17.0 Å². The Morgan fingerprint density at radius 1 is 1.09 bits per heavy atom. The number of carbonyl (C=O) groups is 2. The van der Waals surface area contributed by atoms with Gasteiger partial charge in [-0.2, -0.15) is 10.2 Å². The van der Waals surface area contributed by atoms with Gasteiger partial charge < -0.3 is 15.1 Å². The molecule has 1 aromatic rings. The summed E-state index contributed by atoms with van der Waals surface area (Å²) in [7, 11) is 0. The van der Waals surface area contributed by atoms with Crippen molar-refractivity contribution in [3.05, 3.63) is 23.8 Å². The molecule has 3 heterocycles. The van der Waals surface area contributed by atoms with Gasteiger partial charge in [-0.3, -0.25) is 19.9 Å². The van der Waals surface area contributed by atoms with E-state index in [0.717, 1.165) is 50.4 Å². The first-order chi connectivity index (χ1) is 16.9. The SMILES string of the molecule is CC1=NN(C2CCN(C3CC3)CC2)C(=O)/C1=N\Nc1cccc(C2CCN(CC(=O)O)CC2)c1O. The lowest BCUT2D eigenvalue weighted by Crippen LogP contribution is -2.45. The number of piperidine rings is 2. The molecule has 1 saturated carbocycles. The number of nitrogens with zero attached hydrogens (tertiary/aromatic N) is 5. The fourth-order valence-corrected chi connectivity index (χ4v) is 5.52. The van der Waals surface area contributed by atoms with Crippen LogP contribution in [0.2, 0.25) is 0 Å². The normalized spacial score (nSPS) is 24.3. The Labute approximate surface area is 205 Å². The molecule has 0 unspecified atom stereocenters. The first kappa shape index (κ1) is 23.7. The van der Waals surface area contributed by atoms with Crippen LogP contribution in [0, 0.1) is 0 Å². The summed E-state index contributed by atoms with van der Waals surface area (Å²) in [6.45, 7) is 5.21. The fraction of sp³-hybridized carbons (Fsp3) is 0.600. The topological polar surface area (TPSA) is 121 Å². The molecular weight excluding hydrogens is 448 g/mol. The molecule has 3 aliphatic heterocycles. The molecule has 5 rings (SSSR count). The third kappa shape index (κ3) is 5.18. The molecule has 0 spiro atoms. The number of carbonyl (C=O) groups excluding carboxylic acids is 1. The smallest absolute Gasteiger partial charge is 0.317 e. The standard InChI is InChI=1S/C25H34N6O4/c1-16-23(25(35)31(28-16)19-9-13-30(14-10-19)18-5-6-18)27-26-21-4-2-3-20(24(21)34)17-7-11-29(12-8-17)15-22(32)33/h2-4,17-19,26,34H,5-15H2,1H3,(H,32,33)/b27-23-.